The quantitative estimate of drug-likeness (QED) is 0.347. The van der Waals surface area contributed by atoms with Crippen molar-refractivity contribution in [2.75, 3.05) is 16.4 Å². The average Bonchev–Trinajstić information content (AvgIpc) is 3.58. The molecule has 164 valence electrons. The Morgan fingerprint density at radius 2 is 1.97 bits per heavy atom. The van der Waals surface area contributed by atoms with Gasteiger partial charge in [0.05, 0.1) is 36.9 Å². The summed E-state index contributed by atoms with van der Waals surface area (Å²) >= 11 is 2.65. The molecule has 4 aromatic heterocycles. The van der Waals surface area contributed by atoms with Crippen molar-refractivity contribution in [3.05, 3.63) is 65.1 Å². The fraction of sp³-hybridized carbons (Fsp3) is 0.238. The van der Waals surface area contributed by atoms with Gasteiger partial charge in [0, 0.05) is 5.69 Å². The number of carbonyl (C=O) groups is 1. The number of anilines is 2. The number of aromatic nitrogens is 3. The molecular formula is C21H20N6O3S2. The number of hydrogen-bond acceptors (Lipinski definition) is 9. The summed E-state index contributed by atoms with van der Waals surface area (Å²) in [5.41, 5.74) is 2.18. The summed E-state index contributed by atoms with van der Waals surface area (Å²) < 4.78 is 13.3. The van der Waals surface area contributed by atoms with Gasteiger partial charge in [0.15, 0.2) is 4.34 Å². The van der Waals surface area contributed by atoms with Gasteiger partial charge in [-0.05, 0) is 43.7 Å². The Balaban J connectivity index is 1.39. The lowest BCUT2D eigenvalue weighted by Gasteiger charge is -2.11. The second kappa shape index (κ2) is 9.76. The third-order valence-corrected chi connectivity index (χ3v) is 6.83. The van der Waals surface area contributed by atoms with Crippen molar-refractivity contribution < 1.29 is 13.6 Å². The number of hydrogen-bond donors (Lipinski definition) is 2. The van der Waals surface area contributed by atoms with Gasteiger partial charge in [-0.3, -0.25) is 4.79 Å². The first-order valence-corrected chi connectivity index (χ1v) is 11.5. The van der Waals surface area contributed by atoms with Gasteiger partial charge in [-0.1, -0.05) is 23.1 Å². The van der Waals surface area contributed by atoms with Crippen LogP contribution in [0.15, 0.2) is 50.0 Å². The summed E-state index contributed by atoms with van der Waals surface area (Å²) in [7, 11) is 0. The predicted molar refractivity (Wildman–Crippen MR) is 122 cm³/mol. The Bertz CT molecular complexity index is 1240. The molecule has 32 heavy (non-hydrogen) atoms. The van der Waals surface area contributed by atoms with Crippen molar-refractivity contribution in [1.82, 2.24) is 14.8 Å². The molecular weight excluding hydrogens is 448 g/mol. The maximum absolute atomic E-state index is 12.7. The zero-order chi connectivity index (χ0) is 22.5. The highest BCUT2D eigenvalue weighted by molar-refractivity contribution is 8.01. The lowest BCUT2D eigenvalue weighted by Crippen LogP contribution is -2.18. The molecule has 0 aromatic carbocycles. The van der Waals surface area contributed by atoms with Gasteiger partial charge < -0.3 is 24.0 Å². The zero-order valence-corrected chi connectivity index (χ0v) is 19.0. The monoisotopic (exact) mass is 468 g/mol. The number of rotatable bonds is 9. The number of thioether (sulfide) groups is 1. The average molecular weight is 469 g/mol. The van der Waals surface area contributed by atoms with Gasteiger partial charge in [0.2, 0.25) is 11.0 Å². The summed E-state index contributed by atoms with van der Waals surface area (Å²) in [6.07, 6.45) is 3.21. The SMILES string of the molecule is Cc1c(C#N)c(NC(=O)CSc2nnc(NCc3ccco3)s2)n(Cc2ccco2)c1C. The van der Waals surface area contributed by atoms with Gasteiger partial charge in [0.1, 0.15) is 23.4 Å². The van der Waals surface area contributed by atoms with Crippen molar-refractivity contribution in [2.24, 2.45) is 0 Å². The molecule has 0 aliphatic carbocycles. The number of nitriles is 1. The maximum Gasteiger partial charge on any atom is 0.235 e. The van der Waals surface area contributed by atoms with E-state index in [1.165, 1.54) is 23.1 Å². The zero-order valence-electron chi connectivity index (χ0n) is 17.4. The molecule has 0 bridgehead atoms. The Kier molecular flexibility index (Phi) is 6.63. The van der Waals surface area contributed by atoms with Gasteiger partial charge in [-0.15, -0.1) is 10.2 Å². The fourth-order valence-corrected chi connectivity index (χ4v) is 4.64. The van der Waals surface area contributed by atoms with Crippen LogP contribution in [0, 0.1) is 25.2 Å². The van der Waals surface area contributed by atoms with Crippen molar-refractivity contribution in [3.8, 4) is 6.07 Å². The third kappa shape index (κ3) is 4.87. The largest absolute Gasteiger partial charge is 0.467 e. The molecule has 11 heteroatoms. The van der Waals surface area contributed by atoms with Gasteiger partial charge in [0.25, 0.3) is 0 Å². The highest BCUT2D eigenvalue weighted by Crippen LogP contribution is 2.29. The molecule has 0 atom stereocenters. The molecule has 9 nitrogen and oxygen atoms in total. The summed E-state index contributed by atoms with van der Waals surface area (Å²) in [5, 5.41) is 24.5. The second-order valence-electron chi connectivity index (χ2n) is 6.85. The molecule has 0 aliphatic heterocycles. The molecule has 0 radical (unpaired) electrons. The van der Waals surface area contributed by atoms with Gasteiger partial charge in [-0.2, -0.15) is 5.26 Å². The van der Waals surface area contributed by atoms with E-state index in [2.05, 4.69) is 26.9 Å². The van der Waals surface area contributed by atoms with Crippen molar-refractivity contribution in [2.45, 2.75) is 31.3 Å². The molecule has 0 fully saturated rings. The molecule has 0 saturated carbocycles. The van der Waals surface area contributed by atoms with E-state index in [1.54, 1.807) is 18.6 Å². The fourth-order valence-electron chi connectivity index (χ4n) is 3.10. The van der Waals surface area contributed by atoms with Crippen molar-refractivity contribution >= 4 is 40.0 Å². The Hall–Kier alpha value is -3.49. The maximum atomic E-state index is 12.7. The highest BCUT2D eigenvalue weighted by Gasteiger charge is 2.20. The third-order valence-electron chi connectivity index (χ3n) is 4.82. The smallest absolute Gasteiger partial charge is 0.235 e. The van der Waals surface area contributed by atoms with Crippen molar-refractivity contribution in [1.29, 1.82) is 5.26 Å². The predicted octanol–water partition coefficient (Wildman–Crippen LogP) is 4.41. The van der Waals surface area contributed by atoms with Crippen LogP contribution >= 0.6 is 23.1 Å². The number of carbonyl (C=O) groups excluding carboxylic acids is 1. The second-order valence-corrected chi connectivity index (χ2v) is 9.05. The summed E-state index contributed by atoms with van der Waals surface area (Å²) in [4.78, 5) is 12.7. The minimum Gasteiger partial charge on any atom is -0.467 e. The molecule has 1 amide bonds. The standard InChI is InChI=1S/C21H20N6O3S2/c1-13-14(2)27(11-16-6-4-8-30-16)19(17(13)9-22)24-18(28)12-31-21-26-25-20(32-21)23-10-15-5-3-7-29-15/h3-8H,10-12H2,1-2H3,(H,23,25)(H,24,28). The van der Waals surface area contributed by atoms with Crippen molar-refractivity contribution in [3.63, 3.8) is 0 Å². The molecule has 4 rings (SSSR count). The van der Waals surface area contributed by atoms with Gasteiger partial charge >= 0.3 is 0 Å². The van der Waals surface area contributed by atoms with E-state index in [9.17, 15) is 10.1 Å². The normalized spacial score (nSPS) is 10.8. The molecule has 2 N–H and O–H groups in total. The van der Waals surface area contributed by atoms with E-state index in [0.29, 0.717) is 33.9 Å². The Morgan fingerprint density at radius 3 is 2.66 bits per heavy atom. The minimum absolute atomic E-state index is 0.141. The van der Waals surface area contributed by atoms with E-state index in [4.69, 9.17) is 8.83 Å². The number of nitrogens with zero attached hydrogens (tertiary/aromatic N) is 4. The van der Waals surface area contributed by atoms with Crippen LogP contribution in [0.25, 0.3) is 0 Å². The summed E-state index contributed by atoms with van der Waals surface area (Å²) in [5.74, 6) is 1.92. The molecule has 0 aliphatic rings. The first-order chi connectivity index (χ1) is 15.5. The van der Waals surface area contributed by atoms with E-state index in [0.717, 1.165) is 22.8 Å². The van der Waals surface area contributed by atoms with E-state index in [1.807, 2.05) is 36.6 Å². The van der Waals surface area contributed by atoms with Crippen LogP contribution in [-0.2, 0) is 17.9 Å². The highest BCUT2D eigenvalue weighted by atomic mass is 32.2. The van der Waals surface area contributed by atoms with Crippen LogP contribution in [0.4, 0.5) is 10.9 Å². The first kappa shape index (κ1) is 21.7. The summed E-state index contributed by atoms with van der Waals surface area (Å²) in [6, 6.07) is 9.56. The van der Waals surface area contributed by atoms with E-state index >= 15 is 0 Å². The van der Waals surface area contributed by atoms with Crippen LogP contribution in [0.1, 0.15) is 28.3 Å². The first-order valence-electron chi connectivity index (χ1n) is 9.69. The molecule has 0 unspecified atom stereocenters. The molecule has 0 spiro atoms. The Morgan fingerprint density at radius 1 is 1.22 bits per heavy atom. The van der Waals surface area contributed by atoms with E-state index in [-0.39, 0.29) is 11.7 Å². The number of nitrogens with one attached hydrogen (secondary N) is 2. The van der Waals surface area contributed by atoms with Crippen LogP contribution in [-0.4, -0.2) is 26.4 Å². The van der Waals surface area contributed by atoms with Crippen LogP contribution < -0.4 is 10.6 Å². The van der Waals surface area contributed by atoms with Crippen LogP contribution in [0.3, 0.4) is 0 Å². The molecule has 4 aromatic rings. The molecule has 0 saturated heterocycles. The van der Waals surface area contributed by atoms with Crippen LogP contribution in [0.2, 0.25) is 0 Å². The van der Waals surface area contributed by atoms with Gasteiger partial charge in [-0.25, -0.2) is 0 Å². The molecule has 4 heterocycles. The van der Waals surface area contributed by atoms with Crippen LogP contribution in [0.5, 0.6) is 0 Å². The summed E-state index contributed by atoms with van der Waals surface area (Å²) in [6.45, 7) is 4.72. The number of furan rings is 2. The van der Waals surface area contributed by atoms with E-state index < -0.39 is 0 Å². The Labute approximate surface area is 192 Å². The topological polar surface area (TPSA) is 122 Å². The lowest BCUT2D eigenvalue weighted by atomic mass is 10.2. The minimum atomic E-state index is -0.231. The lowest BCUT2D eigenvalue weighted by molar-refractivity contribution is -0.113. The number of amides is 1.